The van der Waals surface area contributed by atoms with Crippen LogP contribution in [0.4, 0.5) is 5.69 Å². The summed E-state index contributed by atoms with van der Waals surface area (Å²) in [5.74, 6) is 0. The van der Waals surface area contributed by atoms with E-state index in [0.717, 1.165) is 12.1 Å². The number of fused-ring (bicyclic) bond motifs is 1. The number of hydrogen-bond donors (Lipinski definition) is 1. The molecule has 0 aliphatic carbocycles. The highest BCUT2D eigenvalue weighted by molar-refractivity contribution is 5.79. The van der Waals surface area contributed by atoms with Crippen LogP contribution >= 0.6 is 0 Å². The fourth-order valence-corrected chi connectivity index (χ4v) is 2.44. The number of rotatable bonds is 3. The molecule has 2 heteroatoms. The lowest BCUT2D eigenvalue weighted by atomic mass is 10.1. The first-order valence-corrected chi connectivity index (χ1v) is 6.87. The van der Waals surface area contributed by atoms with Crippen molar-refractivity contribution in [3.05, 3.63) is 71.4 Å². The predicted octanol–water partition coefficient (Wildman–Crippen LogP) is 4.46. The predicted molar refractivity (Wildman–Crippen MR) is 85.0 cm³/mol. The van der Waals surface area contributed by atoms with Crippen LogP contribution in [0, 0.1) is 13.8 Å². The van der Waals surface area contributed by atoms with Crippen molar-refractivity contribution >= 4 is 16.6 Å². The lowest BCUT2D eigenvalue weighted by Crippen LogP contribution is -2.01. The van der Waals surface area contributed by atoms with Gasteiger partial charge >= 0.3 is 0 Å². The average molecular weight is 262 g/mol. The minimum Gasteiger partial charge on any atom is -0.381 e. The van der Waals surface area contributed by atoms with Gasteiger partial charge in [0.1, 0.15) is 0 Å². The molecule has 20 heavy (non-hydrogen) atoms. The van der Waals surface area contributed by atoms with E-state index in [1.54, 1.807) is 0 Å². The van der Waals surface area contributed by atoms with Crippen LogP contribution in [0.2, 0.25) is 0 Å². The second-order valence-electron chi connectivity index (χ2n) is 5.20. The van der Waals surface area contributed by atoms with Gasteiger partial charge in [-0.25, -0.2) is 0 Å². The number of aromatic nitrogens is 1. The Hall–Kier alpha value is -2.35. The molecule has 1 heterocycles. The molecule has 1 aromatic heterocycles. The van der Waals surface area contributed by atoms with Crippen LogP contribution in [0.5, 0.6) is 0 Å². The van der Waals surface area contributed by atoms with Crippen molar-refractivity contribution in [1.29, 1.82) is 0 Å². The first kappa shape index (κ1) is 12.7. The molecule has 2 aromatic carbocycles. The van der Waals surface area contributed by atoms with E-state index in [4.69, 9.17) is 0 Å². The van der Waals surface area contributed by atoms with Crippen LogP contribution in [-0.2, 0) is 6.54 Å². The van der Waals surface area contributed by atoms with Crippen molar-refractivity contribution in [3.63, 3.8) is 0 Å². The third-order valence-electron chi connectivity index (χ3n) is 3.53. The van der Waals surface area contributed by atoms with E-state index < -0.39 is 0 Å². The van der Waals surface area contributed by atoms with Crippen LogP contribution in [0.15, 0.2) is 54.7 Å². The quantitative estimate of drug-likeness (QED) is 0.753. The van der Waals surface area contributed by atoms with Gasteiger partial charge in [0, 0.05) is 23.8 Å². The standard InChI is InChI=1S/C18H18N2/c1-13-5-7-17(14(2)10-13)20-12-15-6-8-18-16(11-15)4-3-9-19-18/h3-11,20H,12H2,1-2H3. The summed E-state index contributed by atoms with van der Waals surface area (Å²) in [6, 6.07) is 17.0. The molecule has 3 aromatic rings. The van der Waals surface area contributed by atoms with E-state index >= 15 is 0 Å². The van der Waals surface area contributed by atoms with E-state index in [2.05, 4.69) is 66.6 Å². The smallest absolute Gasteiger partial charge is 0.0702 e. The average Bonchev–Trinajstić information content (AvgIpc) is 2.46. The second-order valence-corrected chi connectivity index (χ2v) is 5.20. The molecule has 2 nitrogen and oxygen atoms in total. The van der Waals surface area contributed by atoms with Gasteiger partial charge in [0.05, 0.1) is 5.52 Å². The molecule has 3 rings (SSSR count). The Morgan fingerprint density at radius 3 is 2.75 bits per heavy atom. The summed E-state index contributed by atoms with van der Waals surface area (Å²) in [4.78, 5) is 4.34. The third-order valence-corrected chi connectivity index (χ3v) is 3.53. The zero-order chi connectivity index (χ0) is 13.9. The van der Waals surface area contributed by atoms with Gasteiger partial charge in [0.25, 0.3) is 0 Å². The maximum atomic E-state index is 4.34. The summed E-state index contributed by atoms with van der Waals surface area (Å²) in [5, 5.41) is 4.69. The molecular formula is C18H18N2. The second kappa shape index (κ2) is 5.33. The number of hydrogen-bond acceptors (Lipinski definition) is 2. The topological polar surface area (TPSA) is 24.9 Å². The fraction of sp³-hybridized carbons (Fsp3) is 0.167. The third kappa shape index (κ3) is 2.64. The summed E-state index contributed by atoms with van der Waals surface area (Å²) in [6.45, 7) is 5.08. The minimum absolute atomic E-state index is 0.828. The maximum absolute atomic E-state index is 4.34. The van der Waals surface area contributed by atoms with Crippen molar-refractivity contribution in [1.82, 2.24) is 4.98 Å². The molecular weight excluding hydrogens is 244 g/mol. The van der Waals surface area contributed by atoms with Crippen LogP contribution in [-0.4, -0.2) is 4.98 Å². The molecule has 100 valence electrons. The molecule has 0 amide bonds. The Labute approximate surface area is 119 Å². The van der Waals surface area contributed by atoms with Gasteiger partial charge in [-0.3, -0.25) is 4.98 Å². The lowest BCUT2D eigenvalue weighted by Gasteiger charge is -2.10. The van der Waals surface area contributed by atoms with Crippen molar-refractivity contribution < 1.29 is 0 Å². The SMILES string of the molecule is Cc1ccc(NCc2ccc3ncccc3c2)c(C)c1. The van der Waals surface area contributed by atoms with Gasteiger partial charge in [-0.15, -0.1) is 0 Å². The first-order valence-electron chi connectivity index (χ1n) is 6.87. The van der Waals surface area contributed by atoms with Crippen LogP contribution in [0.25, 0.3) is 10.9 Å². The van der Waals surface area contributed by atoms with Gasteiger partial charge in [-0.1, -0.05) is 29.8 Å². The highest BCUT2D eigenvalue weighted by Crippen LogP contribution is 2.18. The highest BCUT2D eigenvalue weighted by Gasteiger charge is 2.00. The van der Waals surface area contributed by atoms with Gasteiger partial charge in [0.15, 0.2) is 0 Å². The first-order chi connectivity index (χ1) is 9.72. The van der Waals surface area contributed by atoms with E-state index in [9.17, 15) is 0 Å². The lowest BCUT2D eigenvalue weighted by molar-refractivity contribution is 1.14. The van der Waals surface area contributed by atoms with E-state index in [-0.39, 0.29) is 0 Å². The van der Waals surface area contributed by atoms with Gasteiger partial charge in [0.2, 0.25) is 0 Å². The summed E-state index contributed by atoms with van der Waals surface area (Å²) < 4.78 is 0. The number of anilines is 1. The maximum Gasteiger partial charge on any atom is 0.0702 e. The van der Waals surface area contributed by atoms with E-state index in [1.807, 2.05) is 12.3 Å². The van der Waals surface area contributed by atoms with Crippen molar-refractivity contribution in [2.75, 3.05) is 5.32 Å². The van der Waals surface area contributed by atoms with Crippen LogP contribution < -0.4 is 5.32 Å². The zero-order valence-electron chi connectivity index (χ0n) is 11.9. The number of benzene rings is 2. The van der Waals surface area contributed by atoms with Crippen molar-refractivity contribution in [2.45, 2.75) is 20.4 Å². The normalized spacial score (nSPS) is 10.7. The number of nitrogens with one attached hydrogen (secondary N) is 1. The van der Waals surface area contributed by atoms with Crippen molar-refractivity contribution in [2.24, 2.45) is 0 Å². The molecule has 0 fully saturated rings. The fourth-order valence-electron chi connectivity index (χ4n) is 2.44. The Balaban J connectivity index is 1.79. The van der Waals surface area contributed by atoms with Gasteiger partial charge < -0.3 is 5.32 Å². The minimum atomic E-state index is 0.828. The molecule has 0 unspecified atom stereocenters. The molecule has 0 aliphatic heterocycles. The zero-order valence-corrected chi connectivity index (χ0v) is 11.9. The summed E-state index contributed by atoms with van der Waals surface area (Å²) >= 11 is 0. The van der Waals surface area contributed by atoms with Crippen LogP contribution in [0.3, 0.4) is 0 Å². The van der Waals surface area contributed by atoms with Crippen LogP contribution in [0.1, 0.15) is 16.7 Å². The summed E-state index contributed by atoms with van der Waals surface area (Å²) in [7, 11) is 0. The number of nitrogens with zero attached hydrogens (tertiary/aromatic N) is 1. The Morgan fingerprint density at radius 2 is 1.90 bits per heavy atom. The summed E-state index contributed by atoms with van der Waals surface area (Å²) in [6.07, 6.45) is 1.83. The Kier molecular flexibility index (Phi) is 3.38. The molecule has 0 spiro atoms. The number of pyridine rings is 1. The number of aryl methyl sites for hydroxylation is 2. The van der Waals surface area contributed by atoms with Gasteiger partial charge in [-0.2, -0.15) is 0 Å². The molecule has 0 saturated heterocycles. The van der Waals surface area contributed by atoms with E-state index in [0.29, 0.717) is 0 Å². The molecule has 0 aliphatic rings. The van der Waals surface area contributed by atoms with Gasteiger partial charge in [-0.05, 0) is 49.2 Å². The summed E-state index contributed by atoms with van der Waals surface area (Å²) in [5.41, 5.74) is 6.09. The molecule has 0 atom stereocenters. The highest BCUT2D eigenvalue weighted by atomic mass is 14.9. The largest absolute Gasteiger partial charge is 0.381 e. The Morgan fingerprint density at radius 1 is 1.00 bits per heavy atom. The Bertz CT molecular complexity index is 747. The monoisotopic (exact) mass is 262 g/mol. The molecule has 0 radical (unpaired) electrons. The van der Waals surface area contributed by atoms with Crippen molar-refractivity contribution in [3.8, 4) is 0 Å². The van der Waals surface area contributed by atoms with E-state index in [1.165, 1.54) is 27.8 Å². The molecule has 1 N–H and O–H groups in total. The molecule has 0 bridgehead atoms. The molecule has 0 saturated carbocycles.